The lowest BCUT2D eigenvalue weighted by atomic mass is 10.1. The molecule has 0 saturated carbocycles. The van der Waals surface area contributed by atoms with Crippen molar-refractivity contribution in [1.82, 2.24) is 0 Å². The predicted octanol–water partition coefficient (Wildman–Crippen LogP) is 2.43. The monoisotopic (exact) mass is 369 g/mol. The van der Waals surface area contributed by atoms with Crippen LogP contribution in [0.3, 0.4) is 0 Å². The SMILES string of the molecule is CC1(S(C)(=O)=O)CC(=O)N(c2cc(C(F)(F)F)ccc2Cl)C1=O. The minimum atomic E-state index is -4.70. The second-order valence-electron chi connectivity index (χ2n) is 5.38. The number of sulfone groups is 1. The summed E-state index contributed by atoms with van der Waals surface area (Å²) in [6.45, 7) is 1.06. The maximum atomic E-state index is 12.8. The number of hydrogen-bond donors (Lipinski definition) is 0. The number of benzene rings is 1. The fourth-order valence-electron chi connectivity index (χ4n) is 2.19. The normalized spacial score (nSPS) is 22.8. The van der Waals surface area contributed by atoms with Crippen LogP contribution in [0.1, 0.15) is 18.9 Å². The van der Waals surface area contributed by atoms with E-state index in [0.29, 0.717) is 17.0 Å². The van der Waals surface area contributed by atoms with Gasteiger partial charge in [-0.1, -0.05) is 11.6 Å². The van der Waals surface area contributed by atoms with E-state index < -0.39 is 50.2 Å². The van der Waals surface area contributed by atoms with E-state index in [-0.39, 0.29) is 5.02 Å². The molecule has 126 valence electrons. The number of anilines is 1. The first-order valence-corrected chi connectivity index (χ1v) is 8.50. The zero-order valence-corrected chi connectivity index (χ0v) is 13.5. The van der Waals surface area contributed by atoms with Gasteiger partial charge in [0.25, 0.3) is 5.91 Å². The van der Waals surface area contributed by atoms with Crippen LogP contribution in [-0.2, 0) is 25.6 Å². The summed E-state index contributed by atoms with van der Waals surface area (Å²) >= 11 is 5.80. The van der Waals surface area contributed by atoms with Crippen LogP contribution >= 0.6 is 11.6 Å². The van der Waals surface area contributed by atoms with E-state index in [4.69, 9.17) is 11.6 Å². The molecule has 0 aromatic heterocycles. The third-order valence-electron chi connectivity index (χ3n) is 3.73. The van der Waals surface area contributed by atoms with Crippen molar-refractivity contribution in [3.8, 4) is 0 Å². The summed E-state index contributed by atoms with van der Waals surface area (Å²) in [7, 11) is -3.95. The van der Waals surface area contributed by atoms with Crippen molar-refractivity contribution < 1.29 is 31.2 Å². The summed E-state index contributed by atoms with van der Waals surface area (Å²) in [4.78, 5) is 24.8. The molecule has 0 aliphatic carbocycles. The molecule has 2 amide bonds. The number of nitrogens with zero attached hydrogens (tertiary/aromatic N) is 1. The van der Waals surface area contributed by atoms with Crippen LogP contribution in [0.2, 0.25) is 5.02 Å². The molecule has 0 N–H and O–H groups in total. The summed E-state index contributed by atoms with van der Waals surface area (Å²) in [6.07, 6.45) is -4.57. The summed E-state index contributed by atoms with van der Waals surface area (Å²) in [5, 5.41) is -0.266. The Hall–Kier alpha value is -1.61. The highest BCUT2D eigenvalue weighted by atomic mass is 35.5. The van der Waals surface area contributed by atoms with Gasteiger partial charge in [-0.25, -0.2) is 13.3 Å². The molecule has 1 aromatic rings. The lowest BCUT2D eigenvalue weighted by Gasteiger charge is -2.21. The van der Waals surface area contributed by atoms with Gasteiger partial charge in [0.2, 0.25) is 5.91 Å². The minimum Gasteiger partial charge on any atom is -0.274 e. The van der Waals surface area contributed by atoms with Gasteiger partial charge in [-0.15, -0.1) is 0 Å². The summed E-state index contributed by atoms with van der Waals surface area (Å²) in [5.74, 6) is -2.05. The molecule has 0 radical (unpaired) electrons. The van der Waals surface area contributed by atoms with E-state index in [9.17, 15) is 31.2 Å². The smallest absolute Gasteiger partial charge is 0.274 e. The summed E-state index contributed by atoms with van der Waals surface area (Å²) < 4.78 is 59.9. The first kappa shape index (κ1) is 17.7. The van der Waals surface area contributed by atoms with Crippen molar-refractivity contribution in [2.75, 3.05) is 11.2 Å². The quantitative estimate of drug-likeness (QED) is 0.751. The molecule has 1 saturated heterocycles. The number of halogens is 4. The second kappa shape index (κ2) is 5.20. The molecule has 1 atom stereocenters. The number of amides is 2. The Morgan fingerprint density at radius 2 is 1.83 bits per heavy atom. The average Bonchev–Trinajstić information content (AvgIpc) is 2.60. The Kier molecular flexibility index (Phi) is 4.01. The van der Waals surface area contributed by atoms with Crippen molar-refractivity contribution in [2.45, 2.75) is 24.3 Å². The van der Waals surface area contributed by atoms with E-state index in [0.717, 1.165) is 19.2 Å². The van der Waals surface area contributed by atoms with Crippen LogP contribution in [0.15, 0.2) is 18.2 Å². The van der Waals surface area contributed by atoms with Crippen molar-refractivity contribution in [2.24, 2.45) is 0 Å². The zero-order valence-electron chi connectivity index (χ0n) is 11.9. The molecule has 0 bridgehead atoms. The van der Waals surface area contributed by atoms with Gasteiger partial charge in [-0.05, 0) is 25.1 Å². The van der Waals surface area contributed by atoms with Crippen LogP contribution in [0, 0.1) is 0 Å². The Bertz CT molecular complexity index is 806. The first-order valence-electron chi connectivity index (χ1n) is 6.23. The molecule has 1 heterocycles. The molecule has 1 aliphatic heterocycles. The van der Waals surface area contributed by atoms with E-state index in [1.54, 1.807) is 0 Å². The van der Waals surface area contributed by atoms with Crippen LogP contribution in [0.5, 0.6) is 0 Å². The van der Waals surface area contributed by atoms with Gasteiger partial charge in [0, 0.05) is 6.26 Å². The molecular weight excluding hydrogens is 359 g/mol. The molecule has 5 nitrogen and oxygen atoms in total. The number of alkyl halides is 3. The maximum absolute atomic E-state index is 12.8. The first-order chi connectivity index (χ1) is 10.3. The Balaban J connectivity index is 2.60. The van der Waals surface area contributed by atoms with Crippen molar-refractivity contribution in [1.29, 1.82) is 0 Å². The molecule has 1 unspecified atom stereocenters. The summed E-state index contributed by atoms with van der Waals surface area (Å²) in [6, 6.07) is 2.15. The van der Waals surface area contributed by atoms with Gasteiger partial charge < -0.3 is 0 Å². The average molecular weight is 370 g/mol. The molecule has 0 spiro atoms. The summed E-state index contributed by atoms with van der Waals surface area (Å²) in [5.41, 5.74) is -1.59. The minimum absolute atomic E-state index is 0.266. The predicted molar refractivity (Wildman–Crippen MR) is 76.8 cm³/mol. The Morgan fingerprint density at radius 1 is 1.26 bits per heavy atom. The molecule has 10 heteroatoms. The van der Waals surface area contributed by atoms with Gasteiger partial charge in [0.1, 0.15) is 0 Å². The highest BCUT2D eigenvalue weighted by Gasteiger charge is 2.56. The molecule has 1 aliphatic rings. The van der Waals surface area contributed by atoms with Crippen LogP contribution in [0.4, 0.5) is 18.9 Å². The van der Waals surface area contributed by atoms with Crippen LogP contribution in [-0.4, -0.2) is 31.2 Å². The van der Waals surface area contributed by atoms with Gasteiger partial charge in [-0.3, -0.25) is 9.59 Å². The second-order valence-corrected chi connectivity index (χ2v) is 8.23. The lowest BCUT2D eigenvalue weighted by molar-refractivity contribution is -0.137. The van der Waals surface area contributed by atoms with Crippen molar-refractivity contribution in [3.05, 3.63) is 28.8 Å². The fourth-order valence-corrected chi connectivity index (χ4v) is 3.18. The van der Waals surface area contributed by atoms with Gasteiger partial charge in [0.05, 0.1) is 22.7 Å². The van der Waals surface area contributed by atoms with Crippen molar-refractivity contribution >= 4 is 38.9 Å². The molecule has 1 aromatic carbocycles. The molecule has 2 rings (SSSR count). The highest BCUT2D eigenvalue weighted by molar-refractivity contribution is 7.93. The standard InChI is InChI=1S/C13H11ClF3NO4S/c1-12(23(2,21)22)6-10(19)18(11(12)20)9-5-7(13(15,16)17)3-4-8(9)14/h3-5H,6H2,1-2H3. The van der Waals surface area contributed by atoms with E-state index in [1.165, 1.54) is 0 Å². The van der Waals surface area contributed by atoms with Crippen LogP contribution < -0.4 is 4.90 Å². The number of carbonyl (C=O) groups is 2. The van der Waals surface area contributed by atoms with Crippen molar-refractivity contribution in [3.63, 3.8) is 0 Å². The fraction of sp³-hybridized carbons (Fsp3) is 0.385. The van der Waals surface area contributed by atoms with Gasteiger partial charge >= 0.3 is 6.18 Å². The Morgan fingerprint density at radius 3 is 2.26 bits per heavy atom. The van der Waals surface area contributed by atoms with E-state index in [2.05, 4.69) is 0 Å². The number of carbonyl (C=O) groups excluding carboxylic acids is 2. The van der Waals surface area contributed by atoms with E-state index in [1.807, 2.05) is 0 Å². The Labute approximate surface area is 134 Å². The number of hydrogen-bond acceptors (Lipinski definition) is 4. The topological polar surface area (TPSA) is 71.5 Å². The third kappa shape index (κ3) is 2.83. The highest BCUT2D eigenvalue weighted by Crippen LogP contribution is 2.40. The van der Waals surface area contributed by atoms with E-state index >= 15 is 0 Å². The van der Waals surface area contributed by atoms with Gasteiger partial charge in [-0.2, -0.15) is 13.2 Å². The lowest BCUT2D eigenvalue weighted by Crippen LogP contribution is -2.44. The molecule has 23 heavy (non-hydrogen) atoms. The maximum Gasteiger partial charge on any atom is 0.416 e. The van der Waals surface area contributed by atoms with Gasteiger partial charge in [0.15, 0.2) is 14.6 Å². The number of imide groups is 1. The molecule has 1 fully saturated rings. The zero-order chi connectivity index (χ0) is 17.8. The van der Waals surface area contributed by atoms with Crippen LogP contribution in [0.25, 0.3) is 0 Å². The molecular formula is C13H11ClF3NO4S. The number of rotatable bonds is 2. The third-order valence-corrected chi connectivity index (χ3v) is 6.00. The largest absolute Gasteiger partial charge is 0.416 e.